The van der Waals surface area contributed by atoms with Gasteiger partial charge in [0.1, 0.15) is 10.8 Å². The van der Waals surface area contributed by atoms with Crippen molar-refractivity contribution in [3.8, 4) is 16.3 Å². The van der Waals surface area contributed by atoms with E-state index in [1.165, 1.54) is 4.90 Å². The van der Waals surface area contributed by atoms with E-state index >= 15 is 0 Å². The number of hydrogen-bond donors (Lipinski definition) is 4. The molecule has 0 saturated carbocycles. The molecule has 0 aliphatic heterocycles. The highest BCUT2D eigenvalue weighted by molar-refractivity contribution is 7.80. The fourth-order valence-corrected chi connectivity index (χ4v) is 3.80. The van der Waals surface area contributed by atoms with Gasteiger partial charge < -0.3 is 20.6 Å². The molecule has 26 heavy (non-hydrogen) atoms. The van der Waals surface area contributed by atoms with Crippen LogP contribution in [0.3, 0.4) is 0 Å². The Balaban J connectivity index is 1.70. The number of nitrogens with one attached hydrogen (secondary N) is 3. The van der Waals surface area contributed by atoms with Crippen LogP contribution in [-0.2, 0) is 0 Å². The minimum Gasteiger partial charge on any atom is -0.507 e. The molecular formula is C19H23N4OS2+. The maximum atomic E-state index is 10.3. The number of nitrogens with zero attached hydrogens (tertiary/aromatic N) is 1. The van der Waals surface area contributed by atoms with E-state index in [1.54, 1.807) is 17.4 Å². The first-order valence-electron chi connectivity index (χ1n) is 8.56. The number of aromatic hydroxyl groups is 1. The third kappa shape index (κ3) is 4.69. The highest BCUT2D eigenvalue weighted by atomic mass is 32.1. The lowest BCUT2D eigenvalue weighted by atomic mass is 10.2. The molecule has 0 radical (unpaired) electrons. The Bertz CT molecular complexity index is 874. The van der Waals surface area contributed by atoms with Crippen molar-refractivity contribution in [2.24, 2.45) is 0 Å². The molecule has 0 aliphatic rings. The summed E-state index contributed by atoms with van der Waals surface area (Å²) in [6, 6.07) is 13.3. The van der Waals surface area contributed by atoms with Gasteiger partial charge in [-0.15, -0.1) is 11.3 Å². The molecule has 0 spiro atoms. The minimum atomic E-state index is 0.211. The van der Waals surface area contributed by atoms with Crippen LogP contribution in [0.1, 0.15) is 6.42 Å². The number of hydrogen-bond acceptors (Lipinski definition) is 4. The number of anilines is 1. The Morgan fingerprint density at radius 1 is 1.23 bits per heavy atom. The van der Waals surface area contributed by atoms with Gasteiger partial charge in [0.15, 0.2) is 5.11 Å². The molecule has 0 atom stereocenters. The van der Waals surface area contributed by atoms with Crippen LogP contribution in [0, 0.1) is 0 Å². The van der Waals surface area contributed by atoms with Gasteiger partial charge in [0.2, 0.25) is 0 Å². The first kappa shape index (κ1) is 18.6. The molecule has 5 nitrogen and oxygen atoms in total. The van der Waals surface area contributed by atoms with Crippen molar-refractivity contribution in [2.45, 2.75) is 6.42 Å². The molecule has 1 heterocycles. The number of aromatic nitrogens is 1. The van der Waals surface area contributed by atoms with Crippen LogP contribution in [-0.4, -0.2) is 42.4 Å². The fourth-order valence-electron chi connectivity index (χ4n) is 2.59. The van der Waals surface area contributed by atoms with Crippen molar-refractivity contribution in [3.05, 3.63) is 42.5 Å². The van der Waals surface area contributed by atoms with Gasteiger partial charge in [-0.1, -0.05) is 12.1 Å². The number of quaternary nitrogens is 1. The van der Waals surface area contributed by atoms with Crippen molar-refractivity contribution in [1.29, 1.82) is 0 Å². The molecule has 0 bridgehead atoms. The summed E-state index contributed by atoms with van der Waals surface area (Å²) in [4.78, 5) is 6.04. The number of fused-ring (bicyclic) bond motifs is 1. The molecule has 2 aromatic carbocycles. The molecule has 136 valence electrons. The van der Waals surface area contributed by atoms with Crippen molar-refractivity contribution in [1.82, 2.24) is 10.3 Å². The average Bonchev–Trinajstić information content (AvgIpc) is 3.04. The lowest BCUT2D eigenvalue weighted by Gasteiger charge is -2.12. The van der Waals surface area contributed by atoms with Crippen LogP contribution < -0.4 is 15.5 Å². The third-order valence-electron chi connectivity index (χ3n) is 3.92. The molecule has 0 amide bonds. The number of para-hydroxylation sites is 1. The summed E-state index contributed by atoms with van der Waals surface area (Å²) in [6.07, 6.45) is 1.05. The predicted octanol–water partition coefficient (Wildman–Crippen LogP) is 2.49. The quantitative estimate of drug-likeness (QED) is 0.297. The fraction of sp³-hybridized carbons (Fsp3) is 0.263. The number of benzene rings is 2. The van der Waals surface area contributed by atoms with E-state index in [-0.39, 0.29) is 5.75 Å². The molecular weight excluding hydrogens is 364 g/mol. The molecule has 0 saturated heterocycles. The van der Waals surface area contributed by atoms with E-state index in [2.05, 4.69) is 29.7 Å². The maximum Gasteiger partial charge on any atom is 0.170 e. The van der Waals surface area contributed by atoms with Gasteiger partial charge >= 0.3 is 0 Å². The Morgan fingerprint density at radius 2 is 2.04 bits per heavy atom. The van der Waals surface area contributed by atoms with Crippen molar-refractivity contribution in [3.63, 3.8) is 0 Å². The first-order valence-corrected chi connectivity index (χ1v) is 9.78. The lowest BCUT2D eigenvalue weighted by Crippen LogP contribution is -3.05. The van der Waals surface area contributed by atoms with E-state index in [4.69, 9.17) is 12.2 Å². The third-order valence-corrected chi connectivity index (χ3v) is 5.23. The lowest BCUT2D eigenvalue weighted by molar-refractivity contribution is -0.858. The summed E-state index contributed by atoms with van der Waals surface area (Å²) in [5.74, 6) is 0.211. The van der Waals surface area contributed by atoms with E-state index < -0.39 is 0 Å². The van der Waals surface area contributed by atoms with Crippen LogP contribution in [0.25, 0.3) is 20.8 Å². The SMILES string of the molecule is C[NH+](C)CCCNC(=S)Nc1ccc(O)c(-c2nc3ccccc3s2)c1. The summed E-state index contributed by atoms with van der Waals surface area (Å²) in [7, 11) is 4.27. The molecule has 3 aromatic rings. The summed E-state index contributed by atoms with van der Waals surface area (Å²) in [5.41, 5.74) is 2.47. The normalized spacial score (nSPS) is 11.0. The monoisotopic (exact) mass is 387 g/mol. The molecule has 1 aromatic heterocycles. The Kier molecular flexibility index (Phi) is 6.03. The van der Waals surface area contributed by atoms with Gasteiger partial charge in [0, 0.05) is 18.7 Å². The highest BCUT2D eigenvalue weighted by Gasteiger charge is 2.11. The average molecular weight is 388 g/mol. The van der Waals surface area contributed by atoms with Crippen LogP contribution in [0.15, 0.2) is 42.5 Å². The second-order valence-electron chi connectivity index (χ2n) is 6.41. The number of thiazole rings is 1. The summed E-state index contributed by atoms with van der Waals surface area (Å²) in [5, 5.41) is 18.0. The maximum absolute atomic E-state index is 10.3. The van der Waals surface area contributed by atoms with Crippen molar-refractivity contribution in [2.75, 3.05) is 32.5 Å². The molecule has 3 rings (SSSR count). The molecule has 7 heteroatoms. The van der Waals surface area contributed by atoms with Gasteiger partial charge in [0.25, 0.3) is 0 Å². The van der Waals surface area contributed by atoms with Gasteiger partial charge in [-0.2, -0.15) is 0 Å². The first-order chi connectivity index (χ1) is 12.5. The summed E-state index contributed by atoms with van der Waals surface area (Å²) < 4.78 is 1.10. The predicted molar refractivity (Wildman–Crippen MR) is 113 cm³/mol. The summed E-state index contributed by atoms with van der Waals surface area (Å²) in [6.45, 7) is 1.93. The molecule has 4 N–H and O–H groups in total. The number of phenols is 1. The molecule has 0 unspecified atom stereocenters. The van der Waals surface area contributed by atoms with Crippen molar-refractivity contribution >= 4 is 44.6 Å². The number of phenolic OH excluding ortho intramolecular Hbond substituents is 1. The Hall–Kier alpha value is -2.22. The summed E-state index contributed by atoms with van der Waals surface area (Å²) >= 11 is 6.92. The smallest absolute Gasteiger partial charge is 0.170 e. The number of rotatable bonds is 6. The molecule has 0 fully saturated rings. The van der Waals surface area contributed by atoms with Gasteiger partial charge in [-0.25, -0.2) is 4.98 Å². The molecule has 0 aliphatic carbocycles. The standard InChI is InChI=1S/C19H22N4OS2/c1-23(2)11-5-10-20-19(25)21-13-8-9-16(24)14(12-13)18-22-15-6-3-4-7-17(15)26-18/h3-4,6-9,12,24H,5,10-11H2,1-2H3,(H2,20,21,25)/p+1. The number of thiocarbonyl (C=S) groups is 1. The van der Waals surface area contributed by atoms with Crippen LogP contribution in [0.2, 0.25) is 0 Å². The van der Waals surface area contributed by atoms with E-state index in [0.717, 1.165) is 40.4 Å². The second kappa shape index (κ2) is 8.44. The van der Waals surface area contributed by atoms with Gasteiger partial charge in [-0.3, -0.25) is 0 Å². The minimum absolute atomic E-state index is 0.211. The second-order valence-corrected chi connectivity index (χ2v) is 7.85. The van der Waals surface area contributed by atoms with Crippen LogP contribution >= 0.6 is 23.6 Å². The highest BCUT2D eigenvalue weighted by Crippen LogP contribution is 2.36. The van der Waals surface area contributed by atoms with E-state index in [9.17, 15) is 5.11 Å². The Morgan fingerprint density at radius 3 is 2.81 bits per heavy atom. The topological polar surface area (TPSA) is 61.6 Å². The van der Waals surface area contributed by atoms with Crippen LogP contribution in [0.4, 0.5) is 5.69 Å². The van der Waals surface area contributed by atoms with Crippen LogP contribution in [0.5, 0.6) is 5.75 Å². The van der Waals surface area contributed by atoms with Gasteiger partial charge in [-0.05, 0) is 42.5 Å². The zero-order valence-corrected chi connectivity index (χ0v) is 16.5. The Labute approximate surface area is 162 Å². The van der Waals surface area contributed by atoms with Gasteiger partial charge in [0.05, 0.1) is 36.4 Å². The van der Waals surface area contributed by atoms with E-state index in [1.807, 2.05) is 36.4 Å². The van der Waals surface area contributed by atoms with E-state index in [0.29, 0.717) is 10.7 Å². The zero-order chi connectivity index (χ0) is 18.5. The van der Waals surface area contributed by atoms with Crippen molar-refractivity contribution < 1.29 is 10.0 Å². The zero-order valence-electron chi connectivity index (χ0n) is 14.9. The largest absolute Gasteiger partial charge is 0.507 e.